The zero-order valence-corrected chi connectivity index (χ0v) is 10.4. The van der Waals surface area contributed by atoms with Crippen LogP contribution in [-0.2, 0) is 17.1 Å². The number of sulfonamides is 1. The second-order valence-corrected chi connectivity index (χ2v) is 5.33. The summed E-state index contributed by atoms with van der Waals surface area (Å²) < 4.78 is 27.6. The molecule has 7 heteroatoms. The normalized spacial score (nSPS) is 11.9. The Labute approximate surface area is 95.9 Å². The molecule has 16 heavy (non-hydrogen) atoms. The fraction of sp³-hybridized carbons (Fsp3) is 0.667. The Balaban J connectivity index is 2.71. The van der Waals surface area contributed by atoms with E-state index in [9.17, 15) is 8.42 Å². The topological polar surface area (TPSA) is 90.0 Å². The lowest BCUT2D eigenvalue weighted by Gasteiger charge is -2.07. The zero-order valence-electron chi connectivity index (χ0n) is 9.60. The second kappa shape index (κ2) is 5.31. The van der Waals surface area contributed by atoms with Crippen molar-refractivity contribution in [2.24, 2.45) is 7.05 Å². The van der Waals surface area contributed by atoms with Gasteiger partial charge in [-0.25, -0.2) is 18.1 Å². The van der Waals surface area contributed by atoms with Crippen LogP contribution in [-0.4, -0.2) is 24.5 Å². The summed E-state index contributed by atoms with van der Waals surface area (Å²) in [6.07, 6.45) is 4.27. The number of nitrogens with one attached hydrogen (secondary N) is 1. The summed E-state index contributed by atoms with van der Waals surface area (Å²) in [5.41, 5.74) is 5.51. The number of rotatable bonds is 6. The number of unbranched alkanes of at least 4 members (excludes halogenated alkanes) is 2. The summed E-state index contributed by atoms with van der Waals surface area (Å²) in [5, 5.41) is 0.0315. The second-order valence-electron chi connectivity index (χ2n) is 3.65. The lowest BCUT2D eigenvalue weighted by molar-refractivity contribution is 0.567. The van der Waals surface area contributed by atoms with E-state index in [1.54, 1.807) is 7.05 Å². The molecule has 0 atom stereocenters. The Kier molecular flexibility index (Phi) is 4.31. The molecular weight excluding hydrogens is 228 g/mol. The molecule has 0 bridgehead atoms. The average Bonchev–Trinajstić information content (AvgIpc) is 2.54. The molecule has 0 aliphatic heterocycles. The van der Waals surface area contributed by atoms with Crippen molar-refractivity contribution in [1.29, 1.82) is 0 Å². The number of anilines is 1. The number of nitrogens with zero attached hydrogens (tertiary/aromatic N) is 2. The van der Waals surface area contributed by atoms with E-state index in [1.807, 2.05) is 0 Å². The Morgan fingerprint density at radius 1 is 1.50 bits per heavy atom. The van der Waals surface area contributed by atoms with Crippen LogP contribution in [0.2, 0.25) is 0 Å². The molecule has 0 fully saturated rings. The van der Waals surface area contributed by atoms with Crippen LogP contribution in [0.1, 0.15) is 26.2 Å². The third-order valence-corrected chi connectivity index (χ3v) is 3.83. The molecule has 0 aliphatic carbocycles. The minimum absolute atomic E-state index is 0.0315. The highest BCUT2D eigenvalue weighted by atomic mass is 32.2. The maximum absolute atomic E-state index is 11.8. The summed E-state index contributed by atoms with van der Waals surface area (Å²) in [4.78, 5) is 3.75. The molecule has 0 amide bonds. The number of aromatic nitrogens is 2. The highest BCUT2D eigenvalue weighted by Gasteiger charge is 2.21. The first kappa shape index (κ1) is 13.0. The molecule has 0 radical (unpaired) electrons. The van der Waals surface area contributed by atoms with Crippen molar-refractivity contribution in [2.45, 2.75) is 31.2 Å². The molecule has 3 N–H and O–H groups in total. The van der Waals surface area contributed by atoms with Gasteiger partial charge in [0.15, 0.2) is 10.8 Å². The van der Waals surface area contributed by atoms with E-state index >= 15 is 0 Å². The fourth-order valence-corrected chi connectivity index (χ4v) is 2.72. The molecule has 1 aromatic heterocycles. The number of nitrogen functional groups attached to an aromatic ring is 1. The quantitative estimate of drug-likeness (QED) is 0.714. The predicted molar refractivity (Wildman–Crippen MR) is 62.3 cm³/mol. The molecule has 1 heterocycles. The van der Waals surface area contributed by atoms with E-state index in [1.165, 1.54) is 10.9 Å². The average molecular weight is 246 g/mol. The van der Waals surface area contributed by atoms with Crippen LogP contribution in [0.15, 0.2) is 11.4 Å². The third kappa shape index (κ3) is 2.96. The minimum Gasteiger partial charge on any atom is -0.381 e. The first-order valence-electron chi connectivity index (χ1n) is 5.25. The van der Waals surface area contributed by atoms with Crippen molar-refractivity contribution in [3.8, 4) is 0 Å². The van der Waals surface area contributed by atoms with E-state index in [0.717, 1.165) is 19.3 Å². The van der Waals surface area contributed by atoms with Gasteiger partial charge in [-0.15, -0.1) is 0 Å². The Hall–Kier alpha value is -1.08. The van der Waals surface area contributed by atoms with Crippen molar-refractivity contribution >= 4 is 15.8 Å². The highest BCUT2D eigenvalue weighted by Crippen LogP contribution is 2.14. The van der Waals surface area contributed by atoms with Gasteiger partial charge in [-0.2, -0.15) is 0 Å². The van der Waals surface area contributed by atoms with Crippen molar-refractivity contribution in [1.82, 2.24) is 14.3 Å². The van der Waals surface area contributed by atoms with Crippen LogP contribution in [0, 0.1) is 0 Å². The smallest absolute Gasteiger partial charge is 0.260 e. The largest absolute Gasteiger partial charge is 0.381 e. The van der Waals surface area contributed by atoms with Gasteiger partial charge in [0.25, 0.3) is 10.0 Å². The molecule has 1 aromatic rings. The van der Waals surface area contributed by atoms with Gasteiger partial charge in [0.1, 0.15) is 0 Å². The number of hydrogen-bond donors (Lipinski definition) is 2. The van der Waals surface area contributed by atoms with Gasteiger partial charge in [-0.3, -0.25) is 0 Å². The van der Waals surface area contributed by atoms with Gasteiger partial charge >= 0.3 is 0 Å². The standard InChI is InChI=1S/C9H18N4O2S/c1-3-4-5-6-12-16(14,15)9-8(10)11-7-13(9)2/h7,12H,3-6,10H2,1-2H3. The third-order valence-electron chi connectivity index (χ3n) is 2.24. The van der Waals surface area contributed by atoms with Crippen LogP contribution in [0.5, 0.6) is 0 Å². The van der Waals surface area contributed by atoms with Gasteiger partial charge in [-0.1, -0.05) is 19.8 Å². The zero-order chi connectivity index (χ0) is 12.2. The van der Waals surface area contributed by atoms with Crippen LogP contribution >= 0.6 is 0 Å². The molecular formula is C9H18N4O2S. The van der Waals surface area contributed by atoms with Crippen molar-refractivity contribution in [3.63, 3.8) is 0 Å². The van der Waals surface area contributed by atoms with E-state index in [4.69, 9.17) is 5.73 Å². The monoisotopic (exact) mass is 246 g/mol. The van der Waals surface area contributed by atoms with E-state index < -0.39 is 10.0 Å². The summed E-state index contributed by atoms with van der Waals surface area (Å²) >= 11 is 0. The summed E-state index contributed by atoms with van der Waals surface area (Å²) in [6, 6.07) is 0. The van der Waals surface area contributed by atoms with Crippen molar-refractivity contribution in [3.05, 3.63) is 6.33 Å². The summed E-state index contributed by atoms with van der Waals surface area (Å²) in [6.45, 7) is 2.49. The maximum Gasteiger partial charge on any atom is 0.260 e. The maximum atomic E-state index is 11.8. The van der Waals surface area contributed by atoms with E-state index in [0.29, 0.717) is 6.54 Å². The van der Waals surface area contributed by atoms with Crippen molar-refractivity contribution in [2.75, 3.05) is 12.3 Å². The number of aryl methyl sites for hydroxylation is 1. The molecule has 0 spiro atoms. The van der Waals surface area contributed by atoms with Gasteiger partial charge in [0, 0.05) is 13.6 Å². The Morgan fingerprint density at radius 2 is 2.19 bits per heavy atom. The summed E-state index contributed by atoms with van der Waals surface area (Å²) in [5.74, 6) is 0.0329. The molecule has 0 aromatic carbocycles. The van der Waals surface area contributed by atoms with Crippen molar-refractivity contribution < 1.29 is 8.42 Å². The van der Waals surface area contributed by atoms with Crippen LogP contribution in [0.4, 0.5) is 5.82 Å². The fourth-order valence-electron chi connectivity index (χ4n) is 1.41. The SMILES string of the molecule is CCCCCNS(=O)(=O)c1c(N)ncn1C. The molecule has 0 saturated heterocycles. The van der Waals surface area contributed by atoms with Gasteiger partial charge < -0.3 is 10.3 Å². The van der Waals surface area contributed by atoms with Crippen LogP contribution < -0.4 is 10.5 Å². The summed E-state index contributed by atoms with van der Waals surface area (Å²) in [7, 11) is -1.93. The Morgan fingerprint density at radius 3 is 2.69 bits per heavy atom. The van der Waals surface area contributed by atoms with Gasteiger partial charge in [0.05, 0.1) is 6.33 Å². The molecule has 6 nitrogen and oxygen atoms in total. The molecule has 0 aliphatic rings. The van der Waals surface area contributed by atoms with Gasteiger partial charge in [0.2, 0.25) is 0 Å². The number of nitrogens with two attached hydrogens (primary N) is 1. The number of imidazole rings is 1. The van der Waals surface area contributed by atoms with E-state index in [2.05, 4.69) is 16.6 Å². The highest BCUT2D eigenvalue weighted by molar-refractivity contribution is 7.89. The van der Waals surface area contributed by atoms with Crippen LogP contribution in [0.25, 0.3) is 0 Å². The van der Waals surface area contributed by atoms with Gasteiger partial charge in [-0.05, 0) is 6.42 Å². The molecule has 1 rings (SSSR count). The van der Waals surface area contributed by atoms with Crippen LogP contribution in [0.3, 0.4) is 0 Å². The minimum atomic E-state index is -3.53. The lowest BCUT2D eigenvalue weighted by Crippen LogP contribution is -2.27. The number of hydrogen-bond acceptors (Lipinski definition) is 4. The first-order chi connectivity index (χ1) is 7.49. The molecule has 0 saturated carbocycles. The first-order valence-corrected chi connectivity index (χ1v) is 6.73. The molecule has 92 valence electrons. The Bertz CT molecular complexity index is 419. The van der Waals surface area contributed by atoms with E-state index in [-0.39, 0.29) is 10.8 Å². The lowest BCUT2D eigenvalue weighted by atomic mass is 10.3. The molecule has 0 unspecified atom stereocenters. The predicted octanol–water partition coefficient (Wildman–Crippen LogP) is 0.471.